The number of nitrogens with zero attached hydrogens (tertiary/aromatic N) is 1. The van der Waals surface area contributed by atoms with Crippen molar-refractivity contribution in [2.45, 2.75) is 34.6 Å². The van der Waals surface area contributed by atoms with Crippen molar-refractivity contribution in [3.8, 4) is 0 Å². The molecular weight excluding hydrogens is 410 g/mol. The molecule has 3 aromatic rings. The predicted molar refractivity (Wildman–Crippen MR) is 141 cm³/mol. The molecule has 0 saturated heterocycles. The van der Waals surface area contributed by atoms with Crippen molar-refractivity contribution in [2.75, 3.05) is 17.7 Å². The zero-order valence-corrected chi connectivity index (χ0v) is 20.3. The summed E-state index contributed by atoms with van der Waals surface area (Å²) >= 11 is 0. The van der Waals surface area contributed by atoms with Crippen LogP contribution in [0.1, 0.15) is 39.0 Å². The Balaban J connectivity index is 1.60. The molecule has 2 aromatic carbocycles. The molecule has 1 heterocycles. The third-order valence-corrected chi connectivity index (χ3v) is 5.56. The van der Waals surface area contributed by atoms with Crippen LogP contribution in [0, 0.1) is 12.3 Å². The van der Waals surface area contributed by atoms with Gasteiger partial charge < -0.3 is 15.6 Å². The first-order valence-electron chi connectivity index (χ1n) is 10.9. The molecule has 0 spiro atoms. The highest BCUT2D eigenvalue weighted by atomic mass is 16.2. The molecule has 0 unspecified atom stereocenters. The van der Waals surface area contributed by atoms with Gasteiger partial charge in [-0.2, -0.15) is 0 Å². The van der Waals surface area contributed by atoms with Crippen molar-refractivity contribution in [1.29, 1.82) is 0 Å². The minimum Gasteiger partial charge on any atom is -0.354 e. The van der Waals surface area contributed by atoms with Gasteiger partial charge in [0.2, 0.25) is 0 Å². The highest BCUT2D eigenvalue weighted by Crippen LogP contribution is 2.25. The van der Waals surface area contributed by atoms with Crippen molar-refractivity contribution in [3.63, 3.8) is 0 Å². The van der Waals surface area contributed by atoms with Crippen LogP contribution in [0.2, 0.25) is 0 Å². The SMILES string of the molecule is C=C(Nc1ccc(NC(=O)NC(/C=C(\C)C(C)(C)C)=NC)cc1)c1cc2cc(C)ccc2[nH]1. The number of urea groups is 1. The molecule has 6 nitrogen and oxygen atoms in total. The maximum Gasteiger partial charge on any atom is 0.324 e. The minimum absolute atomic E-state index is 0.00667. The lowest BCUT2D eigenvalue weighted by atomic mass is 9.87. The van der Waals surface area contributed by atoms with Gasteiger partial charge in [0, 0.05) is 29.3 Å². The van der Waals surface area contributed by atoms with E-state index in [9.17, 15) is 4.79 Å². The van der Waals surface area contributed by atoms with E-state index in [1.165, 1.54) is 5.56 Å². The van der Waals surface area contributed by atoms with Gasteiger partial charge in [-0.1, -0.05) is 44.6 Å². The van der Waals surface area contributed by atoms with Gasteiger partial charge >= 0.3 is 6.03 Å². The van der Waals surface area contributed by atoms with Gasteiger partial charge in [-0.05, 0) is 67.8 Å². The summed E-state index contributed by atoms with van der Waals surface area (Å²) in [6.45, 7) is 14.6. The Hall–Kier alpha value is -3.80. The summed E-state index contributed by atoms with van der Waals surface area (Å²) in [7, 11) is 1.66. The van der Waals surface area contributed by atoms with Crippen molar-refractivity contribution < 1.29 is 4.79 Å². The second-order valence-corrected chi connectivity index (χ2v) is 9.22. The van der Waals surface area contributed by atoms with Crippen LogP contribution in [0.4, 0.5) is 16.2 Å². The van der Waals surface area contributed by atoms with Gasteiger partial charge in [0.05, 0.1) is 11.4 Å². The average Bonchev–Trinajstić information content (AvgIpc) is 3.17. The third kappa shape index (κ3) is 6.35. The van der Waals surface area contributed by atoms with Gasteiger partial charge in [-0.25, -0.2) is 4.79 Å². The Labute approximate surface area is 195 Å². The van der Waals surface area contributed by atoms with Crippen LogP contribution < -0.4 is 16.0 Å². The summed E-state index contributed by atoms with van der Waals surface area (Å²) < 4.78 is 0. The third-order valence-electron chi connectivity index (χ3n) is 5.56. The fourth-order valence-corrected chi connectivity index (χ4v) is 3.15. The topological polar surface area (TPSA) is 81.3 Å². The van der Waals surface area contributed by atoms with E-state index >= 15 is 0 Å². The molecule has 0 aliphatic heterocycles. The number of aliphatic imine (C=N–C) groups is 1. The molecule has 4 N–H and O–H groups in total. The van der Waals surface area contributed by atoms with E-state index < -0.39 is 0 Å². The van der Waals surface area contributed by atoms with E-state index in [1.54, 1.807) is 7.05 Å². The molecule has 0 saturated carbocycles. The van der Waals surface area contributed by atoms with Crippen LogP contribution in [0.25, 0.3) is 16.6 Å². The second-order valence-electron chi connectivity index (χ2n) is 9.22. The molecule has 0 fully saturated rings. The van der Waals surface area contributed by atoms with E-state index in [-0.39, 0.29) is 11.4 Å². The summed E-state index contributed by atoms with van der Waals surface area (Å²) in [5.41, 5.74) is 6.69. The number of hydrogen-bond acceptors (Lipinski definition) is 3. The first kappa shape index (κ1) is 23.9. The Kier molecular flexibility index (Phi) is 7.07. The Bertz CT molecular complexity index is 1220. The number of benzene rings is 2. The number of rotatable bonds is 5. The van der Waals surface area contributed by atoms with Crippen molar-refractivity contribution in [3.05, 3.63) is 78.0 Å². The maximum atomic E-state index is 12.4. The lowest BCUT2D eigenvalue weighted by Gasteiger charge is -2.20. The number of carbonyl (C=O) groups is 1. The van der Waals surface area contributed by atoms with Gasteiger partial charge in [0.1, 0.15) is 5.84 Å². The molecule has 3 rings (SSSR count). The number of H-pyrrole nitrogens is 1. The number of amidine groups is 1. The summed E-state index contributed by atoms with van der Waals surface area (Å²) in [4.78, 5) is 20.0. The number of fused-ring (bicyclic) bond motifs is 1. The highest BCUT2D eigenvalue weighted by Gasteiger charge is 2.14. The zero-order chi connectivity index (χ0) is 24.2. The van der Waals surface area contributed by atoms with Crippen molar-refractivity contribution >= 4 is 39.8 Å². The van der Waals surface area contributed by atoms with Gasteiger partial charge in [0.25, 0.3) is 0 Å². The Morgan fingerprint density at radius 2 is 1.67 bits per heavy atom. The number of amides is 2. The summed E-state index contributed by atoms with van der Waals surface area (Å²) in [5.74, 6) is 0.517. The molecule has 172 valence electrons. The first-order chi connectivity index (χ1) is 15.5. The molecule has 0 aliphatic rings. The fourth-order valence-electron chi connectivity index (χ4n) is 3.15. The monoisotopic (exact) mass is 443 g/mol. The molecule has 1 aromatic heterocycles. The van der Waals surface area contributed by atoms with Crippen molar-refractivity contribution in [2.24, 2.45) is 10.4 Å². The molecule has 33 heavy (non-hydrogen) atoms. The van der Waals surface area contributed by atoms with E-state index in [0.29, 0.717) is 11.5 Å². The van der Waals surface area contributed by atoms with Crippen LogP contribution >= 0.6 is 0 Å². The molecule has 0 radical (unpaired) electrons. The number of aromatic amines is 1. The number of hydrogen-bond donors (Lipinski definition) is 4. The number of carbonyl (C=O) groups excluding carboxylic acids is 1. The number of aromatic nitrogens is 1. The van der Waals surface area contributed by atoms with Crippen LogP contribution in [0.3, 0.4) is 0 Å². The van der Waals surface area contributed by atoms with Gasteiger partial charge in [0.15, 0.2) is 0 Å². The highest BCUT2D eigenvalue weighted by molar-refractivity contribution is 6.08. The quantitative estimate of drug-likeness (QED) is 0.261. The Morgan fingerprint density at radius 1 is 1.03 bits per heavy atom. The number of aryl methyl sites for hydroxylation is 1. The predicted octanol–water partition coefficient (Wildman–Crippen LogP) is 6.70. The average molecular weight is 444 g/mol. The molecule has 0 aliphatic carbocycles. The van der Waals surface area contributed by atoms with Crippen LogP contribution in [0.5, 0.6) is 0 Å². The molecule has 6 heteroatoms. The van der Waals surface area contributed by atoms with E-state index in [2.05, 4.69) is 84.5 Å². The maximum absolute atomic E-state index is 12.4. The number of allylic oxidation sites excluding steroid dienone is 1. The Morgan fingerprint density at radius 3 is 2.27 bits per heavy atom. The molecular formula is C27H33N5O. The van der Waals surface area contributed by atoms with Crippen LogP contribution in [0.15, 0.2) is 71.8 Å². The fraction of sp³-hybridized carbons (Fsp3) is 0.259. The first-order valence-corrected chi connectivity index (χ1v) is 10.9. The largest absolute Gasteiger partial charge is 0.354 e. The lowest BCUT2D eigenvalue weighted by molar-refractivity contribution is 0.256. The van der Waals surface area contributed by atoms with E-state index in [1.807, 2.05) is 37.3 Å². The molecule has 0 bridgehead atoms. The number of nitrogens with one attached hydrogen (secondary N) is 4. The van der Waals surface area contributed by atoms with Gasteiger partial charge in [-0.15, -0.1) is 0 Å². The zero-order valence-electron chi connectivity index (χ0n) is 20.3. The lowest BCUT2D eigenvalue weighted by Crippen LogP contribution is -2.33. The normalized spacial score (nSPS) is 12.5. The van der Waals surface area contributed by atoms with Crippen LogP contribution in [-0.2, 0) is 0 Å². The van der Waals surface area contributed by atoms with E-state index in [4.69, 9.17) is 0 Å². The number of anilines is 2. The summed E-state index contributed by atoms with van der Waals surface area (Å²) in [6, 6.07) is 15.5. The molecule has 2 amide bonds. The van der Waals surface area contributed by atoms with Crippen LogP contribution in [-0.4, -0.2) is 23.9 Å². The summed E-state index contributed by atoms with van der Waals surface area (Å²) in [6.07, 6.45) is 1.89. The summed E-state index contributed by atoms with van der Waals surface area (Å²) in [5, 5.41) is 10.1. The second kappa shape index (κ2) is 9.77. The molecule has 0 atom stereocenters. The van der Waals surface area contributed by atoms with E-state index in [0.717, 1.165) is 33.6 Å². The standard InChI is InChI=1S/C27H33N5O/c1-17-8-13-23-20(14-17)16-24(31-23)19(3)29-21-9-11-22(12-10-21)30-26(33)32-25(28-7)15-18(2)27(4,5)6/h8-16,29,31H,3H2,1-2,4-7H3,(H2,28,30,32,33)/b18-15+. The van der Waals surface area contributed by atoms with Crippen molar-refractivity contribution in [1.82, 2.24) is 10.3 Å². The smallest absolute Gasteiger partial charge is 0.324 e. The minimum atomic E-state index is -0.341. The van der Waals surface area contributed by atoms with Gasteiger partial charge in [-0.3, -0.25) is 10.3 Å².